The molecule has 3 aromatic heterocycles. The minimum absolute atomic E-state index is 0.233. The van der Waals surface area contributed by atoms with Gasteiger partial charge in [-0.25, -0.2) is 14.3 Å². The molecular weight excluding hydrogens is 324 g/mol. The van der Waals surface area contributed by atoms with E-state index in [1.54, 1.807) is 42.5 Å². The van der Waals surface area contributed by atoms with Crippen LogP contribution in [0.25, 0.3) is 16.8 Å². The lowest BCUT2D eigenvalue weighted by atomic mass is 10.1. The number of nitrogens with one attached hydrogen (secondary N) is 2. The first-order valence-electron chi connectivity index (χ1n) is 7.64. The maximum atomic E-state index is 11.0. The average Bonchev–Trinajstić information content (AvgIpc) is 3.08. The smallest absolute Gasteiger partial charge is 0.406 e. The maximum Gasteiger partial charge on any atom is 0.406 e. The molecule has 0 unspecified atom stereocenters. The molecule has 0 aliphatic rings. The number of amides is 1. The number of rotatable bonds is 6. The number of pyridine rings is 1. The normalized spacial score (nSPS) is 10.5. The molecule has 0 aliphatic carbocycles. The molecule has 0 atom stereocenters. The first-order valence-corrected chi connectivity index (χ1v) is 7.64. The van der Waals surface area contributed by atoms with Gasteiger partial charge in [0.15, 0.2) is 5.65 Å². The molecule has 25 heavy (non-hydrogen) atoms. The van der Waals surface area contributed by atoms with Gasteiger partial charge in [-0.15, -0.1) is 0 Å². The van der Waals surface area contributed by atoms with Gasteiger partial charge in [-0.2, -0.15) is 5.10 Å². The quantitative estimate of drug-likeness (QED) is 0.655. The SMILES string of the molecule is CNC(=O)OCCNc1ccn2ncc(-c3ccncc3OC)c2n1. The highest BCUT2D eigenvalue weighted by Gasteiger charge is 2.13. The van der Waals surface area contributed by atoms with Crippen LogP contribution in [0.5, 0.6) is 5.75 Å². The molecular formula is C16H18N6O3. The summed E-state index contributed by atoms with van der Waals surface area (Å²) in [6.45, 7) is 0.676. The van der Waals surface area contributed by atoms with E-state index in [4.69, 9.17) is 9.47 Å². The number of methoxy groups -OCH3 is 1. The maximum absolute atomic E-state index is 11.0. The van der Waals surface area contributed by atoms with E-state index < -0.39 is 6.09 Å². The van der Waals surface area contributed by atoms with E-state index in [9.17, 15) is 4.79 Å². The summed E-state index contributed by atoms with van der Waals surface area (Å²) in [5.74, 6) is 1.30. The number of nitrogens with zero attached hydrogens (tertiary/aromatic N) is 4. The molecule has 0 saturated heterocycles. The van der Waals surface area contributed by atoms with Gasteiger partial charge in [0.05, 0.1) is 31.6 Å². The van der Waals surface area contributed by atoms with Gasteiger partial charge in [0.25, 0.3) is 0 Å². The van der Waals surface area contributed by atoms with Crippen LogP contribution in [0.3, 0.4) is 0 Å². The Morgan fingerprint density at radius 2 is 2.16 bits per heavy atom. The third-order valence-electron chi connectivity index (χ3n) is 3.51. The second-order valence-electron chi connectivity index (χ2n) is 5.03. The summed E-state index contributed by atoms with van der Waals surface area (Å²) in [4.78, 5) is 19.7. The Labute approximate surface area is 144 Å². The molecule has 9 nitrogen and oxygen atoms in total. The van der Waals surface area contributed by atoms with Gasteiger partial charge >= 0.3 is 6.09 Å². The zero-order valence-corrected chi connectivity index (χ0v) is 13.9. The number of fused-ring (bicyclic) bond motifs is 1. The Kier molecular flexibility index (Phi) is 4.93. The van der Waals surface area contributed by atoms with E-state index in [1.165, 1.54) is 7.05 Å². The van der Waals surface area contributed by atoms with Crippen LogP contribution >= 0.6 is 0 Å². The van der Waals surface area contributed by atoms with Gasteiger partial charge in [0.1, 0.15) is 18.2 Å². The summed E-state index contributed by atoms with van der Waals surface area (Å²) >= 11 is 0. The standard InChI is InChI=1S/C16H18N6O3/c1-17-16(23)25-8-6-19-14-4-7-22-15(21-14)12(9-20-22)11-3-5-18-10-13(11)24-2/h3-5,7,9-10H,6,8H2,1-2H3,(H,17,23)(H,19,21). The van der Waals surface area contributed by atoms with Crippen molar-refractivity contribution in [2.45, 2.75) is 0 Å². The van der Waals surface area contributed by atoms with Crippen LogP contribution in [0.4, 0.5) is 10.6 Å². The third kappa shape index (κ3) is 3.60. The number of carbonyl (C=O) groups is 1. The second-order valence-corrected chi connectivity index (χ2v) is 5.03. The molecule has 3 aromatic rings. The lowest BCUT2D eigenvalue weighted by molar-refractivity contribution is 0.153. The number of aromatic nitrogens is 4. The predicted octanol–water partition coefficient (Wildman–Crippen LogP) is 1.57. The van der Waals surface area contributed by atoms with Crippen molar-refractivity contribution in [2.24, 2.45) is 0 Å². The number of alkyl carbamates (subject to hydrolysis) is 1. The monoisotopic (exact) mass is 342 g/mol. The van der Waals surface area contributed by atoms with Crippen LogP contribution in [0, 0.1) is 0 Å². The van der Waals surface area contributed by atoms with E-state index in [0.717, 1.165) is 11.1 Å². The molecule has 0 radical (unpaired) electrons. The number of carbonyl (C=O) groups excluding carboxylic acids is 1. The van der Waals surface area contributed by atoms with Gasteiger partial charge in [-0.05, 0) is 12.1 Å². The molecule has 0 aromatic carbocycles. The van der Waals surface area contributed by atoms with E-state index in [-0.39, 0.29) is 6.61 Å². The molecule has 130 valence electrons. The van der Waals surface area contributed by atoms with Crippen LogP contribution in [0.15, 0.2) is 36.9 Å². The Hall–Kier alpha value is -3.36. The molecule has 2 N–H and O–H groups in total. The van der Waals surface area contributed by atoms with Crippen molar-refractivity contribution in [3.8, 4) is 16.9 Å². The Balaban J connectivity index is 1.81. The zero-order valence-electron chi connectivity index (χ0n) is 13.9. The Morgan fingerprint density at radius 3 is 2.96 bits per heavy atom. The summed E-state index contributed by atoms with van der Waals surface area (Å²) in [7, 11) is 3.11. The van der Waals surface area contributed by atoms with Crippen LogP contribution in [-0.2, 0) is 4.74 Å². The predicted molar refractivity (Wildman–Crippen MR) is 91.7 cm³/mol. The summed E-state index contributed by atoms with van der Waals surface area (Å²) in [5, 5.41) is 9.82. The lowest BCUT2D eigenvalue weighted by Crippen LogP contribution is -2.22. The lowest BCUT2D eigenvalue weighted by Gasteiger charge is -2.08. The molecule has 0 spiro atoms. The van der Waals surface area contributed by atoms with Crippen LogP contribution in [-0.4, -0.2) is 53.0 Å². The fourth-order valence-electron chi connectivity index (χ4n) is 2.32. The minimum Gasteiger partial charge on any atom is -0.494 e. The molecule has 1 amide bonds. The number of ether oxygens (including phenoxy) is 2. The summed E-state index contributed by atoms with van der Waals surface area (Å²) < 4.78 is 12.0. The fourth-order valence-corrected chi connectivity index (χ4v) is 2.32. The van der Waals surface area contributed by atoms with Crippen molar-refractivity contribution in [2.75, 3.05) is 32.6 Å². The Morgan fingerprint density at radius 1 is 1.28 bits per heavy atom. The van der Waals surface area contributed by atoms with Crippen LogP contribution < -0.4 is 15.4 Å². The number of anilines is 1. The van der Waals surface area contributed by atoms with Crippen molar-refractivity contribution in [1.82, 2.24) is 24.9 Å². The number of hydrogen-bond donors (Lipinski definition) is 2. The van der Waals surface area contributed by atoms with Crippen molar-refractivity contribution in [1.29, 1.82) is 0 Å². The highest BCUT2D eigenvalue weighted by atomic mass is 16.5. The van der Waals surface area contributed by atoms with E-state index in [2.05, 4.69) is 25.7 Å². The highest BCUT2D eigenvalue weighted by Crippen LogP contribution is 2.31. The largest absolute Gasteiger partial charge is 0.494 e. The van der Waals surface area contributed by atoms with Gasteiger partial charge in [0, 0.05) is 25.0 Å². The first-order chi connectivity index (χ1) is 12.2. The fraction of sp³-hybridized carbons (Fsp3) is 0.250. The molecule has 0 saturated carbocycles. The minimum atomic E-state index is -0.465. The van der Waals surface area contributed by atoms with Crippen molar-refractivity contribution >= 4 is 17.6 Å². The van der Waals surface area contributed by atoms with Crippen molar-refractivity contribution < 1.29 is 14.3 Å². The molecule has 0 fully saturated rings. The summed E-state index contributed by atoms with van der Waals surface area (Å²) in [6, 6.07) is 3.66. The van der Waals surface area contributed by atoms with E-state index in [0.29, 0.717) is 23.8 Å². The van der Waals surface area contributed by atoms with E-state index in [1.807, 2.05) is 6.07 Å². The molecule has 0 bridgehead atoms. The average molecular weight is 342 g/mol. The van der Waals surface area contributed by atoms with Crippen LogP contribution in [0.1, 0.15) is 0 Å². The van der Waals surface area contributed by atoms with Crippen LogP contribution in [0.2, 0.25) is 0 Å². The molecule has 0 aliphatic heterocycles. The molecule has 3 rings (SSSR count). The zero-order chi connectivity index (χ0) is 17.6. The van der Waals surface area contributed by atoms with Gasteiger partial charge in [0.2, 0.25) is 0 Å². The van der Waals surface area contributed by atoms with Gasteiger partial charge in [-0.3, -0.25) is 4.98 Å². The van der Waals surface area contributed by atoms with Crippen molar-refractivity contribution in [3.63, 3.8) is 0 Å². The van der Waals surface area contributed by atoms with Gasteiger partial charge in [-0.1, -0.05) is 0 Å². The second kappa shape index (κ2) is 7.47. The van der Waals surface area contributed by atoms with E-state index >= 15 is 0 Å². The summed E-state index contributed by atoms with van der Waals surface area (Å²) in [5.41, 5.74) is 2.38. The highest BCUT2D eigenvalue weighted by molar-refractivity contribution is 5.81. The third-order valence-corrected chi connectivity index (χ3v) is 3.51. The molecule has 9 heteroatoms. The van der Waals surface area contributed by atoms with Gasteiger partial charge < -0.3 is 20.1 Å². The first kappa shape index (κ1) is 16.5. The molecule has 3 heterocycles. The van der Waals surface area contributed by atoms with Crippen molar-refractivity contribution in [3.05, 3.63) is 36.9 Å². The Bertz CT molecular complexity index is 879. The topological polar surface area (TPSA) is 103 Å². The summed E-state index contributed by atoms with van der Waals surface area (Å²) in [6.07, 6.45) is 6.42. The number of hydrogen-bond acceptors (Lipinski definition) is 7.